The van der Waals surface area contributed by atoms with Crippen LogP contribution in [0.5, 0.6) is 5.75 Å². The first-order valence-electron chi connectivity index (χ1n) is 5.13. The minimum absolute atomic E-state index is 0.537. The molecule has 0 aliphatic rings. The van der Waals surface area contributed by atoms with E-state index in [1.54, 1.807) is 6.07 Å². The molecule has 16 heavy (non-hydrogen) atoms. The molecule has 0 unspecified atom stereocenters. The van der Waals surface area contributed by atoms with Crippen molar-refractivity contribution < 1.29 is 9.76 Å². The number of hydrogen-bond donors (Lipinski definition) is 1. The molecule has 2 nitrogen and oxygen atoms in total. The molecule has 0 aromatic heterocycles. The van der Waals surface area contributed by atoms with Crippen LogP contribution in [-0.2, 0) is 6.61 Å². The molecule has 0 bridgehead atoms. The summed E-state index contributed by atoms with van der Waals surface area (Å²) in [7, 11) is 1.06. The number of hydrogen-bond acceptors (Lipinski definition) is 2. The Morgan fingerprint density at radius 3 is 2.56 bits per heavy atom. The number of rotatable bonds is 4. The standard InChI is InChI=1S/C13H12BO2/c15-14-12-7-4-8-13(9-12)16-10-11-5-2-1-3-6-11/h1-9,15H,10H2. The summed E-state index contributed by atoms with van der Waals surface area (Å²) in [5.74, 6) is 0.756. The molecule has 2 aromatic rings. The van der Waals surface area contributed by atoms with Gasteiger partial charge in [-0.1, -0.05) is 47.9 Å². The van der Waals surface area contributed by atoms with E-state index < -0.39 is 0 Å². The van der Waals surface area contributed by atoms with Crippen LogP contribution in [0.3, 0.4) is 0 Å². The Bertz CT molecular complexity index is 443. The lowest BCUT2D eigenvalue weighted by molar-refractivity contribution is 0.306. The van der Waals surface area contributed by atoms with Crippen LogP contribution >= 0.6 is 0 Å². The van der Waals surface area contributed by atoms with E-state index >= 15 is 0 Å². The van der Waals surface area contributed by atoms with E-state index in [4.69, 9.17) is 9.76 Å². The minimum atomic E-state index is 0.537. The maximum Gasteiger partial charge on any atom is 0.326 e. The van der Waals surface area contributed by atoms with E-state index in [9.17, 15) is 0 Å². The molecule has 0 heterocycles. The third-order valence-corrected chi connectivity index (χ3v) is 2.26. The summed E-state index contributed by atoms with van der Waals surface area (Å²) < 4.78 is 5.60. The van der Waals surface area contributed by atoms with Gasteiger partial charge in [0.2, 0.25) is 0 Å². The van der Waals surface area contributed by atoms with E-state index in [0.29, 0.717) is 6.61 Å². The SMILES string of the molecule is O[B]c1cccc(OCc2ccccc2)c1. The van der Waals surface area contributed by atoms with Gasteiger partial charge in [0.15, 0.2) is 0 Å². The maximum atomic E-state index is 8.87. The Morgan fingerprint density at radius 2 is 1.81 bits per heavy atom. The number of benzene rings is 2. The van der Waals surface area contributed by atoms with Gasteiger partial charge in [-0.3, -0.25) is 0 Å². The molecule has 0 aliphatic carbocycles. The quantitative estimate of drug-likeness (QED) is 0.776. The highest BCUT2D eigenvalue weighted by molar-refractivity contribution is 6.45. The molecule has 0 spiro atoms. The second kappa shape index (κ2) is 5.38. The lowest BCUT2D eigenvalue weighted by Gasteiger charge is -2.06. The van der Waals surface area contributed by atoms with Crippen LogP contribution in [0.1, 0.15) is 5.56 Å². The van der Waals surface area contributed by atoms with E-state index in [1.165, 1.54) is 0 Å². The first kappa shape index (κ1) is 10.8. The molecule has 2 aromatic carbocycles. The van der Waals surface area contributed by atoms with Crippen LogP contribution in [-0.4, -0.2) is 12.5 Å². The zero-order valence-electron chi connectivity index (χ0n) is 8.84. The van der Waals surface area contributed by atoms with E-state index in [-0.39, 0.29) is 0 Å². The second-order valence-electron chi connectivity index (χ2n) is 3.48. The van der Waals surface area contributed by atoms with Crippen LogP contribution in [0.4, 0.5) is 0 Å². The predicted molar refractivity (Wildman–Crippen MR) is 64.8 cm³/mol. The highest BCUT2D eigenvalue weighted by Crippen LogP contribution is 2.10. The van der Waals surface area contributed by atoms with Gasteiger partial charge in [0.1, 0.15) is 12.4 Å². The van der Waals surface area contributed by atoms with Gasteiger partial charge in [-0.25, -0.2) is 0 Å². The first-order valence-corrected chi connectivity index (χ1v) is 5.13. The first-order chi connectivity index (χ1) is 7.88. The van der Waals surface area contributed by atoms with Crippen LogP contribution in [0, 0.1) is 0 Å². The fourth-order valence-corrected chi connectivity index (χ4v) is 1.43. The Hall–Kier alpha value is -1.74. The molecule has 1 N–H and O–H groups in total. The fraction of sp³-hybridized carbons (Fsp3) is 0.0769. The molecule has 0 atom stereocenters. The van der Waals surface area contributed by atoms with Gasteiger partial charge in [0.25, 0.3) is 0 Å². The van der Waals surface area contributed by atoms with Gasteiger partial charge in [-0.05, 0) is 17.7 Å². The summed E-state index contributed by atoms with van der Waals surface area (Å²) in [6.07, 6.45) is 0. The average molecular weight is 211 g/mol. The van der Waals surface area contributed by atoms with Crippen molar-refractivity contribution in [3.8, 4) is 5.75 Å². The lowest BCUT2D eigenvalue weighted by Crippen LogP contribution is -2.12. The molecule has 0 saturated carbocycles. The van der Waals surface area contributed by atoms with Gasteiger partial charge in [-0.2, -0.15) is 0 Å². The molecule has 79 valence electrons. The van der Waals surface area contributed by atoms with Crippen LogP contribution in [0.2, 0.25) is 0 Å². The van der Waals surface area contributed by atoms with Crippen LogP contribution in [0.15, 0.2) is 54.6 Å². The molecule has 3 heteroatoms. The van der Waals surface area contributed by atoms with Crippen LogP contribution < -0.4 is 10.2 Å². The molecule has 0 amide bonds. The molecular formula is C13H12BO2. The van der Waals surface area contributed by atoms with Crippen LogP contribution in [0.25, 0.3) is 0 Å². The maximum absolute atomic E-state index is 8.87. The van der Waals surface area contributed by atoms with E-state index in [2.05, 4.69) is 0 Å². The summed E-state index contributed by atoms with van der Waals surface area (Å²) in [6.45, 7) is 0.537. The van der Waals surface area contributed by atoms with E-state index in [0.717, 1.165) is 24.3 Å². The smallest absolute Gasteiger partial charge is 0.326 e. The molecule has 1 radical (unpaired) electrons. The summed E-state index contributed by atoms with van der Waals surface area (Å²) in [4.78, 5) is 0. The highest BCUT2D eigenvalue weighted by Gasteiger charge is 1.98. The minimum Gasteiger partial charge on any atom is -0.489 e. The third kappa shape index (κ3) is 2.88. The van der Waals surface area contributed by atoms with E-state index in [1.807, 2.05) is 48.5 Å². The molecule has 0 saturated heterocycles. The van der Waals surface area contributed by atoms with Crippen molar-refractivity contribution in [3.05, 3.63) is 60.2 Å². The van der Waals surface area contributed by atoms with Gasteiger partial charge in [0, 0.05) is 0 Å². The normalized spacial score (nSPS) is 9.81. The monoisotopic (exact) mass is 211 g/mol. The number of ether oxygens (including phenoxy) is 1. The van der Waals surface area contributed by atoms with Gasteiger partial charge < -0.3 is 9.76 Å². The summed E-state index contributed by atoms with van der Waals surface area (Å²) >= 11 is 0. The Labute approximate surface area is 95.8 Å². The van der Waals surface area contributed by atoms with Crippen molar-refractivity contribution in [2.24, 2.45) is 0 Å². The summed E-state index contributed by atoms with van der Waals surface area (Å²) in [5, 5.41) is 8.87. The second-order valence-corrected chi connectivity index (χ2v) is 3.48. The van der Waals surface area contributed by atoms with Crippen molar-refractivity contribution in [2.45, 2.75) is 6.61 Å². The van der Waals surface area contributed by atoms with Crippen molar-refractivity contribution in [1.29, 1.82) is 0 Å². The molecular weight excluding hydrogens is 199 g/mol. The molecule has 0 fully saturated rings. The molecule has 0 aliphatic heterocycles. The zero-order valence-corrected chi connectivity index (χ0v) is 8.84. The fourth-order valence-electron chi connectivity index (χ4n) is 1.43. The average Bonchev–Trinajstić information content (AvgIpc) is 2.38. The van der Waals surface area contributed by atoms with Gasteiger partial charge in [-0.15, -0.1) is 0 Å². The molecule has 2 rings (SSSR count). The van der Waals surface area contributed by atoms with Gasteiger partial charge >= 0.3 is 7.48 Å². The summed E-state index contributed by atoms with van der Waals surface area (Å²) in [6, 6.07) is 17.3. The predicted octanol–water partition coefficient (Wildman–Crippen LogP) is 1.50. The third-order valence-electron chi connectivity index (χ3n) is 2.26. The Morgan fingerprint density at radius 1 is 1.00 bits per heavy atom. The lowest BCUT2D eigenvalue weighted by atomic mass is 9.89. The largest absolute Gasteiger partial charge is 0.489 e. The van der Waals surface area contributed by atoms with Crippen molar-refractivity contribution >= 4 is 12.9 Å². The van der Waals surface area contributed by atoms with Crippen molar-refractivity contribution in [1.82, 2.24) is 0 Å². The summed E-state index contributed by atoms with van der Waals surface area (Å²) in [5.41, 5.74) is 1.87. The van der Waals surface area contributed by atoms with Gasteiger partial charge in [0.05, 0.1) is 0 Å². The van der Waals surface area contributed by atoms with Crippen molar-refractivity contribution in [3.63, 3.8) is 0 Å². The van der Waals surface area contributed by atoms with Crippen molar-refractivity contribution in [2.75, 3.05) is 0 Å². The Balaban J connectivity index is 1.99. The highest BCUT2D eigenvalue weighted by atomic mass is 16.5. The zero-order chi connectivity index (χ0) is 11.2. The topological polar surface area (TPSA) is 29.5 Å². The Kier molecular flexibility index (Phi) is 3.62.